The third-order valence-corrected chi connectivity index (χ3v) is 3.96. The number of hydrogen-bond donors (Lipinski definition) is 2. The fourth-order valence-electron chi connectivity index (χ4n) is 2.00. The van der Waals surface area contributed by atoms with Gasteiger partial charge in [-0.15, -0.1) is 0 Å². The monoisotopic (exact) mass is 363 g/mol. The second-order valence-electron chi connectivity index (χ2n) is 5.64. The molecule has 0 spiro atoms. The van der Waals surface area contributed by atoms with Crippen molar-refractivity contribution >= 4 is 21.6 Å². The van der Waals surface area contributed by atoms with E-state index in [4.69, 9.17) is 4.74 Å². The van der Waals surface area contributed by atoms with Crippen LogP contribution in [0.4, 0.5) is 5.69 Å². The Morgan fingerprint density at radius 1 is 1.28 bits per heavy atom. The van der Waals surface area contributed by atoms with E-state index in [2.05, 4.69) is 15.0 Å². The van der Waals surface area contributed by atoms with Crippen molar-refractivity contribution in [1.82, 2.24) is 10.3 Å². The van der Waals surface area contributed by atoms with Gasteiger partial charge in [0.15, 0.2) is 0 Å². The third-order valence-electron chi connectivity index (χ3n) is 3.36. The van der Waals surface area contributed by atoms with E-state index in [-0.39, 0.29) is 17.8 Å². The van der Waals surface area contributed by atoms with Gasteiger partial charge in [-0.05, 0) is 37.6 Å². The fourth-order valence-corrected chi connectivity index (χ4v) is 2.55. The molecular formula is C17H21N3O4S. The summed E-state index contributed by atoms with van der Waals surface area (Å²) in [6.07, 6.45) is 3.39. The maximum atomic E-state index is 12.4. The summed E-state index contributed by atoms with van der Waals surface area (Å²) in [7, 11) is -3.39. The zero-order chi connectivity index (χ0) is 18.4. The maximum absolute atomic E-state index is 12.4. The molecule has 1 aromatic heterocycles. The van der Waals surface area contributed by atoms with E-state index in [9.17, 15) is 13.2 Å². The van der Waals surface area contributed by atoms with Gasteiger partial charge in [0.05, 0.1) is 11.9 Å². The number of ether oxygens (including phenoxy) is 1. The standard InChI is InChI=1S/C17H21N3O4S/c1-4-12(2)19-16(21)15-9-6-10-18-17(15)24-14-8-5-7-13(11-14)20-25(3,22)23/h5-12,20H,4H2,1-3H3,(H,19,21)/t12-/m0/s1. The second kappa shape index (κ2) is 7.98. The van der Waals surface area contributed by atoms with Crippen molar-refractivity contribution in [2.24, 2.45) is 0 Å². The molecule has 0 saturated carbocycles. The van der Waals surface area contributed by atoms with Crippen molar-refractivity contribution in [3.63, 3.8) is 0 Å². The molecule has 2 N–H and O–H groups in total. The molecule has 2 rings (SSSR count). The van der Waals surface area contributed by atoms with E-state index in [0.29, 0.717) is 17.0 Å². The van der Waals surface area contributed by atoms with Crippen LogP contribution < -0.4 is 14.8 Å². The smallest absolute Gasteiger partial charge is 0.256 e. The molecule has 134 valence electrons. The molecule has 1 amide bonds. The van der Waals surface area contributed by atoms with Gasteiger partial charge in [-0.25, -0.2) is 13.4 Å². The maximum Gasteiger partial charge on any atom is 0.256 e. The third kappa shape index (κ3) is 5.75. The Labute approximate surface area is 147 Å². The molecule has 1 heterocycles. The number of anilines is 1. The van der Waals surface area contributed by atoms with Crippen molar-refractivity contribution in [2.75, 3.05) is 11.0 Å². The molecule has 0 aliphatic rings. The summed E-state index contributed by atoms with van der Waals surface area (Å²) in [5.74, 6) is 0.243. The average Bonchev–Trinajstić information content (AvgIpc) is 2.54. The first-order chi connectivity index (χ1) is 11.8. The van der Waals surface area contributed by atoms with Gasteiger partial charge in [0.2, 0.25) is 15.9 Å². The molecule has 0 bridgehead atoms. The van der Waals surface area contributed by atoms with Crippen LogP contribution in [0.5, 0.6) is 11.6 Å². The van der Waals surface area contributed by atoms with Gasteiger partial charge in [-0.3, -0.25) is 9.52 Å². The van der Waals surface area contributed by atoms with Crippen molar-refractivity contribution in [2.45, 2.75) is 26.3 Å². The highest BCUT2D eigenvalue weighted by atomic mass is 32.2. The minimum absolute atomic E-state index is 0.0304. The van der Waals surface area contributed by atoms with Crippen LogP contribution in [-0.2, 0) is 10.0 Å². The lowest BCUT2D eigenvalue weighted by Gasteiger charge is -2.14. The van der Waals surface area contributed by atoms with E-state index < -0.39 is 10.0 Å². The Morgan fingerprint density at radius 3 is 2.72 bits per heavy atom. The van der Waals surface area contributed by atoms with Crippen molar-refractivity contribution in [3.8, 4) is 11.6 Å². The molecule has 1 atom stereocenters. The predicted molar refractivity (Wildman–Crippen MR) is 96.4 cm³/mol. The van der Waals surface area contributed by atoms with E-state index in [1.54, 1.807) is 30.3 Å². The zero-order valence-corrected chi connectivity index (χ0v) is 15.1. The molecule has 25 heavy (non-hydrogen) atoms. The van der Waals surface area contributed by atoms with Crippen LogP contribution >= 0.6 is 0 Å². The highest BCUT2D eigenvalue weighted by Gasteiger charge is 2.16. The van der Waals surface area contributed by atoms with Gasteiger partial charge >= 0.3 is 0 Å². The number of pyridine rings is 1. The lowest BCUT2D eigenvalue weighted by molar-refractivity contribution is 0.0936. The minimum Gasteiger partial charge on any atom is -0.438 e. The predicted octanol–water partition coefficient (Wildman–Crippen LogP) is 2.77. The number of carbonyl (C=O) groups excluding carboxylic acids is 1. The molecule has 2 aromatic rings. The number of benzene rings is 1. The summed E-state index contributed by atoms with van der Waals surface area (Å²) in [5.41, 5.74) is 0.672. The highest BCUT2D eigenvalue weighted by Crippen LogP contribution is 2.25. The zero-order valence-electron chi connectivity index (χ0n) is 14.3. The van der Waals surface area contributed by atoms with Crippen LogP contribution in [0, 0.1) is 0 Å². The molecular weight excluding hydrogens is 342 g/mol. The number of amides is 1. The molecule has 8 heteroatoms. The number of hydrogen-bond acceptors (Lipinski definition) is 5. The normalized spacial score (nSPS) is 12.3. The van der Waals surface area contributed by atoms with Crippen LogP contribution in [0.1, 0.15) is 30.6 Å². The SMILES string of the molecule is CC[C@H](C)NC(=O)c1cccnc1Oc1cccc(NS(C)(=O)=O)c1. The first kappa shape index (κ1) is 18.7. The molecule has 0 aliphatic carbocycles. The summed E-state index contributed by atoms with van der Waals surface area (Å²) < 4.78 is 30.7. The number of aromatic nitrogens is 1. The van der Waals surface area contributed by atoms with Gasteiger partial charge in [0, 0.05) is 18.3 Å². The van der Waals surface area contributed by atoms with Gasteiger partial charge < -0.3 is 10.1 Å². The van der Waals surface area contributed by atoms with E-state index >= 15 is 0 Å². The Kier molecular flexibility index (Phi) is 5.97. The fraction of sp³-hybridized carbons (Fsp3) is 0.294. The van der Waals surface area contributed by atoms with E-state index in [0.717, 1.165) is 12.7 Å². The summed E-state index contributed by atoms with van der Waals surface area (Å²) >= 11 is 0. The first-order valence-corrected chi connectivity index (χ1v) is 9.69. The molecule has 7 nitrogen and oxygen atoms in total. The van der Waals surface area contributed by atoms with Gasteiger partial charge in [-0.2, -0.15) is 0 Å². The van der Waals surface area contributed by atoms with E-state index in [1.807, 2.05) is 13.8 Å². The van der Waals surface area contributed by atoms with Crippen LogP contribution in [0.25, 0.3) is 0 Å². The Bertz CT molecular complexity index is 852. The van der Waals surface area contributed by atoms with Gasteiger partial charge in [0.1, 0.15) is 11.3 Å². The Morgan fingerprint density at radius 2 is 2.04 bits per heavy atom. The molecule has 1 aromatic carbocycles. The molecule has 0 aliphatic heterocycles. The topological polar surface area (TPSA) is 97.4 Å². The number of nitrogens with zero attached hydrogens (tertiary/aromatic N) is 1. The number of carbonyl (C=O) groups is 1. The second-order valence-corrected chi connectivity index (χ2v) is 7.39. The van der Waals surface area contributed by atoms with Crippen LogP contribution in [-0.4, -0.2) is 31.6 Å². The first-order valence-electron chi connectivity index (χ1n) is 7.80. The van der Waals surface area contributed by atoms with Crippen LogP contribution in [0.15, 0.2) is 42.6 Å². The summed E-state index contributed by atoms with van der Waals surface area (Å²) in [6.45, 7) is 3.89. The minimum atomic E-state index is -3.39. The average molecular weight is 363 g/mol. The Hall–Kier alpha value is -2.61. The molecule has 0 saturated heterocycles. The van der Waals surface area contributed by atoms with Gasteiger partial charge in [0.25, 0.3) is 5.91 Å². The van der Waals surface area contributed by atoms with Crippen molar-refractivity contribution in [1.29, 1.82) is 0 Å². The Balaban J connectivity index is 2.24. The lowest BCUT2D eigenvalue weighted by Crippen LogP contribution is -2.32. The van der Waals surface area contributed by atoms with Crippen molar-refractivity contribution in [3.05, 3.63) is 48.2 Å². The van der Waals surface area contributed by atoms with Crippen LogP contribution in [0.2, 0.25) is 0 Å². The number of rotatable bonds is 7. The quantitative estimate of drug-likeness (QED) is 0.788. The highest BCUT2D eigenvalue weighted by molar-refractivity contribution is 7.92. The van der Waals surface area contributed by atoms with Crippen LogP contribution in [0.3, 0.4) is 0 Å². The molecule has 0 unspecified atom stereocenters. The number of sulfonamides is 1. The van der Waals surface area contributed by atoms with E-state index in [1.165, 1.54) is 12.3 Å². The summed E-state index contributed by atoms with van der Waals surface area (Å²) in [4.78, 5) is 16.5. The van der Waals surface area contributed by atoms with Crippen molar-refractivity contribution < 1.29 is 17.9 Å². The molecule has 0 radical (unpaired) electrons. The molecule has 0 fully saturated rings. The summed E-state index contributed by atoms with van der Waals surface area (Å²) in [5, 5.41) is 2.86. The largest absolute Gasteiger partial charge is 0.438 e. The lowest BCUT2D eigenvalue weighted by atomic mass is 10.2. The van der Waals surface area contributed by atoms with Gasteiger partial charge in [-0.1, -0.05) is 13.0 Å². The summed E-state index contributed by atoms with van der Waals surface area (Å²) in [6, 6.07) is 9.72. The number of nitrogens with one attached hydrogen (secondary N) is 2.